The third-order valence-electron chi connectivity index (χ3n) is 2.51. The van der Waals surface area contributed by atoms with E-state index in [-0.39, 0.29) is 5.82 Å². The molecule has 2 aromatic carbocycles. The number of benzene rings is 2. The van der Waals surface area contributed by atoms with Gasteiger partial charge in [0.1, 0.15) is 6.61 Å². The van der Waals surface area contributed by atoms with E-state index in [2.05, 4.69) is 6.07 Å². The highest BCUT2D eigenvalue weighted by atomic mass is 19.1. The van der Waals surface area contributed by atoms with Gasteiger partial charge in [-0.3, -0.25) is 0 Å². The molecule has 0 atom stereocenters. The van der Waals surface area contributed by atoms with Gasteiger partial charge in [0.25, 0.3) is 0 Å². The van der Waals surface area contributed by atoms with Crippen molar-refractivity contribution in [3.8, 4) is 5.75 Å². The van der Waals surface area contributed by atoms with Crippen LogP contribution in [0.2, 0.25) is 0 Å². The molecule has 0 aliphatic heterocycles. The standard InChI is InChI=1S/C15H15FO/c1-11-7-12(2)9-13(8-11)10-17-15-6-4-3-5-14(15)16/h3-9H,10H2,1-2H3. The van der Waals surface area contributed by atoms with Crippen LogP contribution in [0, 0.1) is 19.7 Å². The molecule has 17 heavy (non-hydrogen) atoms. The molecule has 0 amide bonds. The summed E-state index contributed by atoms with van der Waals surface area (Å²) in [4.78, 5) is 0. The van der Waals surface area contributed by atoms with E-state index in [1.165, 1.54) is 17.2 Å². The third-order valence-corrected chi connectivity index (χ3v) is 2.51. The second kappa shape index (κ2) is 5.00. The first-order chi connectivity index (χ1) is 8.15. The summed E-state index contributed by atoms with van der Waals surface area (Å²) in [5.41, 5.74) is 3.44. The molecule has 0 fully saturated rings. The van der Waals surface area contributed by atoms with E-state index in [0.29, 0.717) is 12.4 Å². The molecule has 0 N–H and O–H groups in total. The lowest BCUT2D eigenvalue weighted by molar-refractivity contribution is 0.290. The topological polar surface area (TPSA) is 9.23 Å². The molecular formula is C15H15FO. The number of ether oxygens (including phenoxy) is 1. The minimum Gasteiger partial charge on any atom is -0.486 e. The Labute approximate surface area is 101 Å². The van der Waals surface area contributed by atoms with Crippen LogP contribution in [0.5, 0.6) is 5.75 Å². The maximum atomic E-state index is 13.3. The van der Waals surface area contributed by atoms with Gasteiger partial charge >= 0.3 is 0 Å². The van der Waals surface area contributed by atoms with Crippen molar-refractivity contribution >= 4 is 0 Å². The molecule has 1 nitrogen and oxygen atoms in total. The molecule has 0 unspecified atom stereocenters. The van der Waals surface area contributed by atoms with Gasteiger partial charge in [0, 0.05) is 0 Å². The van der Waals surface area contributed by atoms with Crippen molar-refractivity contribution in [2.75, 3.05) is 0 Å². The zero-order chi connectivity index (χ0) is 12.3. The lowest BCUT2D eigenvalue weighted by Crippen LogP contribution is -1.98. The third kappa shape index (κ3) is 3.06. The average molecular weight is 230 g/mol. The van der Waals surface area contributed by atoms with Crippen molar-refractivity contribution in [2.45, 2.75) is 20.5 Å². The van der Waals surface area contributed by atoms with E-state index in [1.807, 2.05) is 26.0 Å². The van der Waals surface area contributed by atoms with E-state index in [9.17, 15) is 4.39 Å². The first-order valence-corrected chi connectivity index (χ1v) is 5.59. The Balaban J connectivity index is 2.10. The van der Waals surface area contributed by atoms with Gasteiger partial charge in [-0.2, -0.15) is 0 Å². The van der Waals surface area contributed by atoms with E-state index >= 15 is 0 Å². The Kier molecular flexibility index (Phi) is 3.43. The second-order valence-corrected chi connectivity index (χ2v) is 4.22. The Bertz CT molecular complexity index is 500. The van der Waals surface area contributed by atoms with Gasteiger partial charge in [-0.15, -0.1) is 0 Å². The summed E-state index contributed by atoms with van der Waals surface area (Å²) in [7, 11) is 0. The number of hydrogen-bond donors (Lipinski definition) is 0. The lowest BCUT2D eigenvalue weighted by Gasteiger charge is -2.08. The quantitative estimate of drug-likeness (QED) is 0.773. The van der Waals surface area contributed by atoms with Crippen molar-refractivity contribution in [3.63, 3.8) is 0 Å². The minimum atomic E-state index is -0.322. The molecule has 0 radical (unpaired) electrons. The van der Waals surface area contributed by atoms with Gasteiger partial charge < -0.3 is 4.74 Å². The van der Waals surface area contributed by atoms with E-state index in [1.54, 1.807) is 18.2 Å². The van der Waals surface area contributed by atoms with Gasteiger partial charge in [0.05, 0.1) is 0 Å². The molecular weight excluding hydrogens is 215 g/mol. The fraction of sp³-hybridized carbons (Fsp3) is 0.200. The normalized spacial score (nSPS) is 10.3. The first kappa shape index (κ1) is 11.6. The molecule has 0 aliphatic carbocycles. The highest BCUT2D eigenvalue weighted by molar-refractivity contribution is 5.29. The number of rotatable bonds is 3. The summed E-state index contributed by atoms with van der Waals surface area (Å²) in [6.07, 6.45) is 0. The molecule has 2 rings (SSSR count). The largest absolute Gasteiger partial charge is 0.486 e. The molecule has 0 saturated heterocycles. The molecule has 2 heteroatoms. The summed E-state index contributed by atoms with van der Waals surface area (Å²) in [6, 6.07) is 12.7. The minimum absolute atomic E-state index is 0.298. The van der Waals surface area contributed by atoms with Gasteiger partial charge in [-0.1, -0.05) is 41.5 Å². The summed E-state index contributed by atoms with van der Waals surface area (Å²) in [5, 5.41) is 0. The fourth-order valence-electron chi connectivity index (χ4n) is 1.88. The predicted octanol–water partition coefficient (Wildman–Crippen LogP) is 4.02. The number of halogens is 1. The highest BCUT2D eigenvalue weighted by Crippen LogP contribution is 2.18. The van der Waals surface area contributed by atoms with Crippen molar-refractivity contribution in [1.82, 2.24) is 0 Å². The van der Waals surface area contributed by atoms with Crippen LogP contribution in [0.4, 0.5) is 4.39 Å². The highest BCUT2D eigenvalue weighted by Gasteiger charge is 2.02. The lowest BCUT2D eigenvalue weighted by atomic mass is 10.1. The van der Waals surface area contributed by atoms with Crippen LogP contribution in [-0.4, -0.2) is 0 Å². The summed E-state index contributed by atoms with van der Waals surface area (Å²) >= 11 is 0. The van der Waals surface area contributed by atoms with E-state index in [0.717, 1.165) is 5.56 Å². The number of para-hydroxylation sites is 1. The monoisotopic (exact) mass is 230 g/mol. The zero-order valence-electron chi connectivity index (χ0n) is 10.0. The van der Waals surface area contributed by atoms with Crippen molar-refractivity contribution < 1.29 is 9.13 Å². The summed E-state index contributed by atoms with van der Waals surface area (Å²) in [5.74, 6) is -0.0245. The maximum absolute atomic E-state index is 13.3. The molecule has 0 bridgehead atoms. The first-order valence-electron chi connectivity index (χ1n) is 5.59. The second-order valence-electron chi connectivity index (χ2n) is 4.22. The summed E-state index contributed by atoms with van der Waals surface area (Å²) < 4.78 is 18.8. The van der Waals surface area contributed by atoms with Gasteiger partial charge in [-0.25, -0.2) is 4.39 Å². The molecule has 0 saturated carbocycles. The predicted molar refractivity (Wildman–Crippen MR) is 66.6 cm³/mol. The number of aryl methyl sites for hydroxylation is 2. The van der Waals surface area contributed by atoms with Crippen LogP contribution in [0.25, 0.3) is 0 Å². The molecule has 2 aromatic rings. The molecule has 0 spiro atoms. The van der Waals surface area contributed by atoms with Crippen molar-refractivity contribution in [2.24, 2.45) is 0 Å². The zero-order valence-corrected chi connectivity index (χ0v) is 10.0. The molecule has 0 heterocycles. The Morgan fingerprint density at radius 2 is 1.65 bits per heavy atom. The SMILES string of the molecule is Cc1cc(C)cc(COc2ccccc2F)c1. The molecule has 0 aliphatic rings. The van der Waals surface area contributed by atoms with Crippen molar-refractivity contribution in [3.05, 3.63) is 65.0 Å². The Morgan fingerprint density at radius 3 is 2.29 bits per heavy atom. The van der Waals surface area contributed by atoms with Crippen LogP contribution in [0.3, 0.4) is 0 Å². The smallest absolute Gasteiger partial charge is 0.165 e. The van der Waals surface area contributed by atoms with Crippen LogP contribution in [0.15, 0.2) is 42.5 Å². The molecule has 88 valence electrons. The van der Waals surface area contributed by atoms with Gasteiger partial charge in [0.15, 0.2) is 11.6 Å². The summed E-state index contributed by atoms with van der Waals surface area (Å²) in [6.45, 7) is 4.47. The van der Waals surface area contributed by atoms with Crippen LogP contribution in [0.1, 0.15) is 16.7 Å². The van der Waals surface area contributed by atoms with Crippen molar-refractivity contribution in [1.29, 1.82) is 0 Å². The molecule has 0 aromatic heterocycles. The number of hydrogen-bond acceptors (Lipinski definition) is 1. The van der Waals surface area contributed by atoms with E-state index in [4.69, 9.17) is 4.74 Å². The average Bonchev–Trinajstić information content (AvgIpc) is 2.27. The van der Waals surface area contributed by atoms with Gasteiger partial charge in [0.2, 0.25) is 0 Å². The Morgan fingerprint density at radius 1 is 1.00 bits per heavy atom. The Hall–Kier alpha value is -1.83. The maximum Gasteiger partial charge on any atom is 0.165 e. The van der Waals surface area contributed by atoms with Crippen LogP contribution >= 0.6 is 0 Å². The van der Waals surface area contributed by atoms with E-state index < -0.39 is 0 Å². The van der Waals surface area contributed by atoms with Crippen LogP contribution in [-0.2, 0) is 6.61 Å². The fourth-order valence-corrected chi connectivity index (χ4v) is 1.88. The van der Waals surface area contributed by atoms with Crippen LogP contribution < -0.4 is 4.74 Å². The van der Waals surface area contributed by atoms with Gasteiger partial charge in [-0.05, 0) is 31.5 Å².